The molecule has 0 aliphatic carbocycles. The minimum atomic E-state index is -4.17. The first-order valence-corrected chi connectivity index (χ1v) is 11.0. The Labute approximate surface area is 178 Å². The number of nitrogens with zero attached hydrogens (tertiary/aromatic N) is 3. The molecule has 4 aromatic rings. The fourth-order valence-corrected chi connectivity index (χ4v) is 4.98. The Morgan fingerprint density at radius 3 is 2.52 bits per heavy atom. The van der Waals surface area contributed by atoms with Gasteiger partial charge in [0.05, 0.1) is 16.1 Å². The Bertz CT molecular complexity index is 1430. The van der Waals surface area contributed by atoms with Gasteiger partial charge >= 0.3 is 5.97 Å². The van der Waals surface area contributed by atoms with E-state index in [0.717, 1.165) is 11.1 Å². The van der Waals surface area contributed by atoms with Crippen LogP contribution in [-0.4, -0.2) is 43.9 Å². The number of nitrogens with one attached hydrogen (secondary N) is 1. The van der Waals surface area contributed by atoms with E-state index in [9.17, 15) is 18.3 Å². The predicted molar refractivity (Wildman–Crippen MR) is 117 cm³/mol. The van der Waals surface area contributed by atoms with Crippen molar-refractivity contribution in [3.8, 4) is 0 Å². The van der Waals surface area contributed by atoms with E-state index in [1.807, 2.05) is 31.1 Å². The highest BCUT2D eigenvalue weighted by Crippen LogP contribution is 2.34. The van der Waals surface area contributed by atoms with Crippen LogP contribution in [0.2, 0.25) is 0 Å². The van der Waals surface area contributed by atoms with E-state index in [-0.39, 0.29) is 27.2 Å². The van der Waals surface area contributed by atoms with Crippen LogP contribution in [-0.2, 0) is 16.4 Å². The Morgan fingerprint density at radius 2 is 1.84 bits per heavy atom. The molecular formula is C21H20N4O5S. The minimum Gasteiger partial charge on any atom is -0.478 e. The molecule has 0 saturated carbocycles. The zero-order valence-corrected chi connectivity index (χ0v) is 17.9. The Kier molecular flexibility index (Phi) is 5.02. The van der Waals surface area contributed by atoms with Crippen LogP contribution >= 0.6 is 0 Å². The van der Waals surface area contributed by atoms with Crippen LogP contribution in [0.3, 0.4) is 0 Å². The molecule has 160 valence electrons. The standard InChI is InChI=1S/C21H20N4O5S/c1-4-12-11-15-19(23-30-22-15)20(18(12)21(26)27)24-31(28,29)17-10-6-7-13-14(17)8-5-9-16(13)25(2)3/h5-11,24H,4H2,1-3H3,(H,26,27). The van der Waals surface area contributed by atoms with Crippen molar-refractivity contribution in [2.75, 3.05) is 23.7 Å². The molecule has 0 radical (unpaired) electrons. The summed E-state index contributed by atoms with van der Waals surface area (Å²) in [6, 6.07) is 11.9. The summed E-state index contributed by atoms with van der Waals surface area (Å²) in [7, 11) is -0.428. The lowest BCUT2D eigenvalue weighted by Gasteiger charge is -2.18. The van der Waals surface area contributed by atoms with Gasteiger partial charge in [-0.15, -0.1) is 0 Å². The third-order valence-corrected chi connectivity index (χ3v) is 6.50. The fourth-order valence-electron chi connectivity index (χ4n) is 3.68. The molecule has 31 heavy (non-hydrogen) atoms. The summed E-state index contributed by atoms with van der Waals surface area (Å²) in [6.45, 7) is 1.77. The second-order valence-corrected chi connectivity index (χ2v) is 8.86. The first-order chi connectivity index (χ1) is 14.7. The summed E-state index contributed by atoms with van der Waals surface area (Å²) in [5, 5.41) is 18.5. The lowest BCUT2D eigenvalue weighted by molar-refractivity contribution is 0.0697. The van der Waals surface area contributed by atoms with Gasteiger partial charge < -0.3 is 10.0 Å². The number of aromatic nitrogens is 2. The minimum absolute atomic E-state index is 0.0246. The summed E-state index contributed by atoms with van der Waals surface area (Å²) in [4.78, 5) is 13.9. The summed E-state index contributed by atoms with van der Waals surface area (Å²) in [5.41, 5.74) is 1.24. The SMILES string of the molecule is CCc1cc2nonc2c(NS(=O)(=O)c2cccc3c(N(C)C)cccc23)c1C(=O)O. The maximum Gasteiger partial charge on any atom is 0.338 e. The maximum atomic E-state index is 13.4. The van der Waals surface area contributed by atoms with Gasteiger partial charge in [-0.2, -0.15) is 0 Å². The molecule has 0 atom stereocenters. The number of carboxylic acids is 1. The molecule has 9 nitrogen and oxygen atoms in total. The van der Waals surface area contributed by atoms with Crippen molar-refractivity contribution < 1.29 is 22.9 Å². The number of hydrogen-bond acceptors (Lipinski definition) is 7. The van der Waals surface area contributed by atoms with Crippen LogP contribution in [0.15, 0.2) is 52.0 Å². The zero-order chi connectivity index (χ0) is 22.3. The van der Waals surface area contributed by atoms with Gasteiger partial charge in [-0.3, -0.25) is 4.72 Å². The molecule has 4 rings (SSSR count). The van der Waals surface area contributed by atoms with E-state index in [2.05, 4.69) is 15.0 Å². The van der Waals surface area contributed by atoms with Crippen molar-refractivity contribution >= 4 is 49.2 Å². The average Bonchev–Trinajstić information content (AvgIpc) is 3.20. The molecule has 2 N–H and O–H groups in total. The third kappa shape index (κ3) is 3.44. The number of aryl methyl sites for hydroxylation is 1. The second kappa shape index (κ2) is 7.55. The van der Waals surface area contributed by atoms with Crippen LogP contribution in [0.5, 0.6) is 0 Å². The predicted octanol–water partition coefficient (Wildman–Crippen LogP) is 3.50. The van der Waals surface area contributed by atoms with E-state index >= 15 is 0 Å². The summed E-state index contributed by atoms with van der Waals surface area (Å²) >= 11 is 0. The van der Waals surface area contributed by atoms with Crippen molar-refractivity contribution in [1.82, 2.24) is 10.3 Å². The van der Waals surface area contributed by atoms with Gasteiger partial charge in [-0.05, 0) is 40.5 Å². The smallest absolute Gasteiger partial charge is 0.338 e. The third-order valence-electron chi connectivity index (χ3n) is 5.09. The zero-order valence-electron chi connectivity index (χ0n) is 17.1. The maximum absolute atomic E-state index is 13.4. The van der Waals surface area contributed by atoms with Gasteiger partial charge in [0.25, 0.3) is 10.0 Å². The molecule has 0 saturated heterocycles. The second-order valence-electron chi connectivity index (χ2n) is 7.20. The number of benzene rings is 3. The van der Waals surface area contributed by atoms with E-state index in [0.29, 0.717) is 17.4 Å². The van der Waals surface area contributed by atoms with Gasteiger partial charge in [0.15, 0.2) is 5.52 Å². The Morgan fingerprint density at radius 1 is 1.13 bits per heavy atom. The summed E-state index contributed by atoms with van der Waals surface area (Å²) in [5.74, 6) is -1.27. The molecule has 10 heteroatoms. The largest absolute Gasteiger partial charge is 0.478 e. The first kappa shape index (κ1) is 20.6. The normalized spacial score (nSPS) is 11.7. The summed E-state index contributed by atoms with van der Waals surface area (Å²) < 4.78 is 34.1. The Hall–Kier alpha value is -3.66. The highest BCUT2D eigenvalue weighted by Gasteiger charge is 2.27. The quantitative estimate of drug-likeness (QED) is 0.467. The van der Waals surface area contributed by atoms with Crippen LogP contribution in [0.1, 0.15) is 22.8 Å². The lowest BCUT2D eigenvalue weighted by atomic mass is 10.0. The Balaban J connectivity index is 1.95. The number of carboxylic acid groups (broad SMARTS) is 1. The van der Waals surface area contributed by atoms with E-state index < -0.39 is 16.0 Å². The van der Waals surface area contributed by atoms with Crippen LogP contribution < -0.4 is 9.62 Å². The molecule has 0 aliphatic heterocycles. The van der Waals surface area contributed by atoms with Crippen molar-refractivity contribution in [2.24, 2.45) is 0 Å². The van der Waals surface area contributed by atoms with Gasteiger partial charge in [0.1, 0.15) is 5.52 Å². The highest BCUT2D eigenvalue weighted by atomic mass is 32.2. The van der Waals surface area contributed by atoms with Crippen LogP contribution in [0.4, 0.5) is 11.4 Å². The number of aromatic carboxylic acids is 1. The molecule has 0 aliphatic rings. The van der Waals surface area contributed by atoms with E-state index in [1.165, 1.54) is 12.1 Å². The van der Waals surface area contributed by atoms with Crippen molar-refractivity contribution in [1.29, 1.82) is 0 Å². The van der Waals surface area contributed by atoms with Crippen molar-refractivity contribution in [2.45, 2.75) is 18.2 Å². The number of fused-ring (bicyclic) bond motifs is 2. The molecule has 1 heterocycles. The summed E-state index contributed by atoms with van der Waals surface area (Å²) in [6.07, 6.45) is 0.361. The monoisotopic (exact) mass is 440 g/mol. The van der Waals surface area contributed by atoms with E-state index in [1.54, 1.807) is 25.1 Å². The van der Waals surface area contributed by atoms with Crippen molar-refractivity contribution in [3.05, 3.63) is 53.6 Å². The number of sulfonamides is 1. The van der Waals surface area contributed by atoms with Crippen LogP contribution in [0, 0.1) is 0 Å². The molecule has 0 fully saturated rings. The molecule has 0 spiro atoms. The van der Waals surface area contributed by atoms with Gasteiger partial charge in [-0.25, -0.2) is 17.8 Å². The number of hydrogen-bond donors (Lipinski definition) is 2. The lowest BCUT2D eigenvalue weighted by Crippen LogP contribution is -2.18. The fraction of sp³-hybridized carbons (Fsp3) is 0.190. The molecule has 0 unspecified atom stereocenters. The van der Waals surface area contributed by atoms with Crippen LogP contribution in [0.25, 0.3) is 21.8 Å². The number of rotatable bonds is 6. The van der Waals surface area contributed by atoms with Gasteiger partial charge in [0.2, 0.25) is 0 Å². The number of carbonyl (C=O) groups is 1. The molecule has 0 amide bonds. The molecular weight excluding hydrogens is 420 g/mol. The average molecular weight is 440 g/mol. The first-order valence-electron chi connectivity index (χ1n) is 9.48. The molecule has 0 bridgehead atoms. The molecule has 3 aromatic carbocycles. The van der Waals surface area contributed by atoms with Gasteiger partial charge in [0, 0.05) is 30.6 Å². The van der Waals surface area contributed by atoms with Crippen molar-refractivity contribution in [3.63, 3.8) is 0 Å². The highest BCUT2D eigenvalue weighted by molar-refractivity contribution is 7.93. The number of anilines is 2. The molecule has 1 aromatic heterocycles. The van der Waals surface area contributed by atoms with E-state index in [4.69, 9.17) is 4.63 Å². The topological polar surface area (TPSA) is 126 Å². The van der Waals surface area contributed by atoms with Gasteiger partial charge in [-0.1, -0.05) is 31.2 Å².